The summed E-state index contributed by atoms with van der Waals surface area (Å²) >= 11 is 0. The molecule has 1 unspecified atom stereocenters. The summed E-state index contributed by atoms with van der Waals surface area (Å²) in [4.78, 5) is 25.5. The second-order valence-electron chi connectivity index (χ2n) is 5.99. The van der Waals surface area contributed by atoms with E-state index in [1.165, 1.54) is 0 Å². The van der Waals surface area contributed by atoms with Crippen molar-refractivity contribution in [3.8, 4) is 11.5 Å². The molecule has 1 heterocycles. The molecule has 0 aliphatic carbocycles. The van der Waals surface area contributed by atoms with Crippen molar-refractivity contribution in [3.05, 3.63) is 48.0 Å². The number of amides is 2. The van der Waals surface area contributed by atoms with Gasteiger partial charge in [0.2, 0.25) is 0 Å². The number of anilines is 2. The molecule has 2 aromatic carbocycles. The number of ether oxygens (including phenoxy) is 2. The van der Waals surface area contributed by atoms with Crippen LogP contribution in [0.3, 0.4) is 0 Å². The summed E-state index contributed by atoms with van der Waals surface area (Å²) < 4.78 is 11.1. The topological polar surface area (TPSA) is 67.9 Å². The van der Waals surface area contributed by atoms with Gasteiger partial charge in [-0.2, -0.15) is 0 Å². The Morgan fingerprint density at radius 2 is 1.96 bits per heavy atom. The lowest BCUT2D eigenvalue weighted by atomic mass is 10.2. The summed E-state index contributed by atoms with van der Waals surface area (Å²) in [6, 6.07) is 12.7. The third kappa shape index (κ3) is 3.74. The van der Waals surface area contributed by atoms with Gasteiger partial charge in [0.25, 0.3) is 11.8 Å². The van der Waals surface area contributed by atoms with Gasteiger partial charge in [0.05, 0.1) is 5.69 Å². The zero-order valence-corrected chi connectivity index (χ0v) is 14.4. The highest BCUT2D eigenvalue weighted by molar-refractivity contribution is 6.00. The third-order valence-corrected chi connectivity index (χ3v) is 3.98. The van der Waals surface area contributed by atoms with E-state index in [-0.39, 0.29) is 18.4 Å². The maximum absolute atomic E-state index is 12.1. The maximum Gasteiger partial charge on any atom is 0.267 e. The van der Waals surface area contributed by atoms with Crippen molar-refractivity contribution >= 4 is 23.2 Å². The first-order valence-electron chi connectivity index (χ1n) is 8.01. The van der Waals surface area contributed by atoms with Crippen LogP contribution in [0.5, 0.6) is 11.5 Å². The van der Waals surface area contributed by atoms with Gasteiger partial charge < -0.3 is 19.7 Å². The molecule has 0 aromatic heterocycles. The van der Waals surface area contributed by atoms with Crippen LogP contribution < -0.4 is 19.7 Å². The first kappa shape index (κ1) is 16.8. The number of aryl methyl sites for hydroxylation is 1. The Kier molecular flexibility index (Phi) is 4.61. The van der Waals surface area contributed by atoms with E-state index in [1.807, 2.05) is 31.2 Å². The molecule has 2 aromatic rings. The van der Waals surface area contributed by atoms with E-state index < -0.39 is 6.10 Å². The first-order valence-corrected chi connectivity index (χ1v) is 8.01. The first-order chi connectivity index (χ1) is 11.9. The fraction of sp³-hybridized carbons (Fsp3) is 0.263. The van der Waals surface area contributed by atoms with Crippen LogP contribution in [-0.2, 0) is 9.59 Å². The highest BCUT2D eigenvalue weighted by Gasteiger charge is 2.28. The quantitative estimate of drug-likeness (QED) is 0.929. The van der Waals surface area contributed by atoms with Crippen LogP contribution in [0.1, 0.15) is 12.5 Å². The number of nitrogens with one attached hydrogen (secondary N) is 1. The molecule has 0 saturated heterocycles. The molecule has 130 valence electrons. The van der Waals surface area contributed by atoms with Crippen molar-refractivity contribution in [3.63, 3.8) is 0 Å². The van der Waals surface area contributed by atoms with Gasteiger partial charge in [-0.25, -0.2) is 0 Å². The Bertz CT molecular complexity index is 802. The van der Waals surface area contributed by atoms with Gasteiger partial charge in [-0.1, -0.05) is 17.7 Å². The molecule has 0 bridgehead atoms. The predicted molar refractivity (Wildman–Crippen MR) is 95.2 cm³/mol. The highest BCUT2D eigenvalue weighted by atomic mass is 16.5. The summed E-state index contributed by atoms with van der Waals surface area (Å²) in [5.41, 5.74) is 2.40. The zero-order chi connectivity index (χ0) is 18.0. The fourth-order valence-corrected chi connectivity index (χ4v) is 2.58. The Hall–Kier alpha value is -3.02. The number of hydrogen-bond donors (Lipinski definition) is 1. The second-order valence-corrected chi connectivity index (χ2v) is 5.99. The lowest BCUT2D eigenvalue weighted by Crippen LogP contribution is -2.41. The van der Waals surface area contributed by atoms with Crippen LogP contribution in [0.25, 0.3) is 0 Å². The van der Waals surface area contributed by atoms with Crippen LogP contribution >= 0.6 is 0 Å². The van der Waals surface area contributed by atoms with Crippen molar-refractivity contribution in [1.82, 2.24) is 0 Å². The summed E-state index contributed by atoms with van der Waals surface area (Å²) in [5.74, 6) is 0.833. The number of nitrogens with zero attached hydrogens (tertiary/aromatic N) is 1. The molecule has 0 saturated carbocycles. The number of fused-ring (bicyclic) bond motifs is 1. The van der Waals surface area contributed by atoms with Gasteiger partial charge in [-0.05, 0) is 38.1 Å². The fourth-order valence-electron chi connectivity index (χ4n) is 2.58. The molecule has 1 atom stereocenters. The molecule has 0 fully saturated rings. The van der Waals surface area contributed by atoms with Gasteiger partial charge in [-0.3, -0.25) is 9.59 Å². The zero-order valence-electron chi connectivity index (χ0n) is 14.4. The van der Waals surface area contributed by atoms with Crippen molar-refractivity contribution in [1.29, 1.82) is 0 Å². The summed E-state index contributed by atoms with van der Waals surface area (Å²) in [7, 11) is 1.70. The molecule has 3 rings (SSSR count). The SMILES string of the molecule is Cc1ccc(OCC(=O)Nc2ccc3c(c2)OC(C)C(=O)N3C)cc1. The standard InChI is InChI=1S/C19H20N2O4/c1-12-4-7-15(8-5-12)24-11-18(22)20-14-6-9-16-17(10-14)25-13(2)19(23)21(16)3/h4-10,13H,11H2,1-3H3,(H,20,22). The number of rotatable bonds is 4. The summed E-state index contributed by atoms with van der Waals surface area (Å²) in [5, 5.41) is 2.77. The molecule has 1 N–H and O–H groups in total. The monoisotopic (exact) mass is 340 g/mol. The smallest absolute Gasteiger partial charge is 0.267 e. The largest absolute Gasteiger partial charge is 0.484 e. The van der Waals surface area contributed by atoms with E-state index in [4.69, 9.17) is 9.47 Å². The minimum Gasteiger partial charge on any atom is -0.484 e. The Morgan fingerprint density at radius 3 is 2.68 bits per heavy atom. The highest BCUT2D eigenvalue weighted by Crippen LogP contribution is 2.35. The van der Waals surface area contributed by atoms with E-state index in [2.05, 4.69) is 5.32 Å². The molecular weight excluding hydrogens is 320 g/mol. The van der Waals surface area contributed by atoms with Crippen LogP contribution in [0, 0.1) is 6.92 Å². The van der Waals surface area contributed by atoms with Gasteiger partial charge in [0.1, 0.15) is 11.5 Å². The predicted octanol–water partition coefficient (Wildman–Crippen LogP) is 2.76. The van der Waals surface area contributed by atoms with Crippen LogP contribution in [0.4, 0.5) is 11.4 Å². The minimum absolute atomic E-state index is 0.0875. The molecule has 2 amide bonds. The average molecular weight is 340 g/mol. The molecule has 0 radical (unpaired) electrons. The van der Waals surface area contributed by atoms with Crippen molar-refractivity contribution < 1.29 is 19.1 Å². The second kappa shape index (κ2) is 6.84. The van der Waals surface area contributed by atoms with Crippen molar-refractivity contribution in [2.75, 3.05) is 23.9 Å². The summed E-state index contributed by atoms with van der Waals surface area (Å²) in [6.07, 6.45) is -0.548. The van der Waals surface area contributed by atoms with E-state index in [0.29, 0.717) is 22.9 Å². The number of likely N-dealkylation sites (N-methyl/N-ethyl adjacent to an activating group) is 1. The summed E-state index contributed by atoms with van der Waals surface area (Å²) in [6.45, 7) is 3.60. The Morgan fingerprint density at radius 1 is 1.24 bits per heavy atom. The maximum atomic E-state index is 12.1. The van der Waals surface area contributed by atoms with E-state index in [1.54, 1.807) is 37.1 Å². The molecule has 25 heavy (non-hydrogen) atoms. The van der Waals surface area contributed by atoms with E-state index >= 15 is 0 Å². The molecule has 6 nitrogen and oxygen atoms in total. The van der Waals surface area contributed by atoms with E-state index in [0.717, 1.165) is 5.56 Å². The minimum atomic E-state index is -0.548. The van der Waals surface area contributed by atoms with Crippen molar-refractivity contribution in [2.45, 2.75) is 20.0 Å². The number of hydrogen-bond acceptors (Lipinski definition) is 4. The lowest BCUT2D eigenvalue weighted by molar-refractivity contribution is -0.125. The normalized spacial score (nSPS) is 16.0. The molecule has 6 heteroatoms. The van der Waals surface area contributed by atoms with Gasteiger partial charge in [0, 0.05) is 18.8 Å². The number of benzene rings is 2. The van der Waals surface area contributed by atoms with E-state index in [9.17, 15) is 9.59 Å². The van der Waals surface area contributed by atoms with Gasteiger partial charge >= 0.3 is 0 Å². The van der Waals surface area contributed by atoms with Crippen LogP contribution in [-0.4, -0.2) is 31.6 Å². The number of carbonyl (C=O) groups excluding carboxylic acids is 2. The molecular formula is C19H20N2O4. The lowest BCUT2D eigenvalue weighted by Gasteiger charge is -2.30. The van der Waals surface area contributed by atoms with Gasteiger partial charge in [0.15, 0.2) is 12.7 Å². The third-order valence-electron chi connectivity index (χ3n) is 3.98. The van der Waals surface area contributed by atoms with Crippen LogP contribution in [0.15, 0.2) is 42.5 Å². The van der Waals surface area contributed by atoms with Crippen LogP contribution in [0.2, 0.25) is 0 Å². The average Bonchev–Trinajstić information content (AvgIpc) is 2.59. The molecule has 1 aliphatic heterocycles. The Labute approximate surface area is 146 Å². The van der Waals surface area contributed by atoms with Gasteiger partial charge in [-0.15, -0.1) is 0 Å². The molecule has 0 spiro atoms. The molecule has 1 aliphatic rings. The Balaban J connectivity index is 1.63. The van der Waals surface area contributed by atoms with Crippen molar-refractivity contribution in [2.24, 2.45) is 0 Å². The number of carbonyl (C=O) groups is 2.